The van der Waals surface area contributed by atoms with Crippen molar-refractivity contribution in [3.63, 3.8) is 0 Å². The highest BCUT2D eigenvalue weighted by molar-refractivity contribution is 14.1. The Morgan fingerprint density at radius 3 is 2.78 bits per heavy atom. The molecule has 0 aliphatic rings. The monoisotopic (exact) mass is 357 g/mol. The lowest BCUT2D eigenvalue weighted by Crippen LogP contribution is -2.04. The number of hydrogen-bond donors (Lipinski definition) is 2. The average molecular weight is 357 g/mol. The Kier molecular flexibility index (Phi) is 3.55. The van der Waals surface area contributed by atoms with Gasteiger partial charge in [-0.2, -0.15) is 4.98 Å². The van der Waals surface area contributed by atoms with E-state index < -0.39 is 4.92 Å². The third-order valence-corrected chi connectivity index (χ3v) is 3.05. The second-order valence-electron chi connectivity index (χ2n) is 3.32. The summed E-state index contributed by atoms with van der Waals surface area (Å²) in [6.07, 6.45) is 1.08. The number of hydrogen-bond acceptors (Lipinski definition) is 6. The molecule has 8 heteroatoms. The minimum absolute atomic E-state index is 0.0194. The zero-order chi connectivity index (χ0) is 13.1. The molecule has 92 valence electrons. The predicted molar refractivity (Wildman–Crippen MR) is 75.5 cm³/mol. The van der Waals surface area contributed by atoms with E-state index in [-0.39, 0.29) is 17.5 Å². The van der Waals surface area contributed by atoms with E-state index in [0.29, 0.717) is 0 Å². The van der Waals surface area contributed by atoms with E-state index >= 15 is 0 Å². The van der Waals surface area contributed by atoms with Crippen LogP contribution in [0.1, 0.15) is 0 Å². The molecule has 0 aliphatic heterocycles. The van der Waals surface area contributed by atoms with E-state index in [1.807, 2.05) is 18.2 Å². The zero-order valence-corrected chi connectivity index (χ0v) is 11.2. The van der Waals surface area contributed by atoms with Crippen LogP contribution >= 0.6 is 22.6 Å². The first-order valence-electron chi connectivity index (χ1n) is 4.86. The molecule has 0 unspecified atom stereocenters. The van der Waals surface area contributed by atoms with Crippen molar-refractivity contribution in [3.05, 3.63) is 44.1 Å². The molecular formula is C10H8IN5O2. The largest absolute Gasteiger partial charge is 0.368 e. The van der Waals surface area contributed by atoms with E-state index in [9.17, 15) is 10.1 Å². The van der Waals surface area contributed by atoms with Gasteiger partial charge in [0, 0.05) is 3.57 Å². The number of nitrogens with one attached hydrogen (secondary N) is 1. The normalized spacial score (nSPS) is 10.1. The number of aromatic nitrogens is 2. The number of benzene rings is 1. The molecule has 18 heavy (non-hydrogen) atoms. The van der Waals surface area contributed by atoms with E-state index in [2.05, 4.69) is 37.9 Å². The minimum atomic E-state index is -0.558. The first-order valence-corrected chi connectivity index (χ1v) is 5.94. The fourth-order valence-electron chi connectivity index (χ4n) is 1.30. The maximum absolute atomic E-state index is 10.9. The molecule has 0 aliphatic carbocycles. The summed E-state index contributed by atoms with van der Waals surface area (Å²) < 4.78 is 0.918. The summed E-state index contributed by atoms with van der Waals surface area (Å²) in [5.41, 5.74) is 5.94. The van der Waals surface area contributed by atoms with E-state index in [1.165, 1.54) is 0 Å². The van der Waals surface area contributed by atoms with E-state index in [1.54, 1.807) is 6.07 Å². The summed E-state index contributed by atoms with van der Waals surface area (Å²) in [5, 5.41) is 13.7. The summed E-state index contributed by atoms with van der Waals surface area (Å²) in [4.78, 5) is 17.7. The molecule has 1 aromatic heterocycles. The standard InChI is InChI=1S/C10H8IN5O2/c11-6-3-1-2-4-7(6)14-9-8(16(17)18)5-13-10(12)15-9/h1-5H,(H3,12,13,14,15). The van der Waals surface area contributed by atoms with Crippen LogP contribution in [0.3, 0.4) is 0 Å². The van der Waals surface area contributed by atoms with Crippen molar-refractivity contribution in [2.24, 2.45) is 0 Å². The molecule has 3 N–H and O–H groups in total. The van der Waals surface area contributed by atoms with Crippen LogP contribution in [0.2, 0.25) is 0 Å². The van der Waals surface area contributed by atoms with Crippen molar-refractivity contribution in [1.82, 2.24) is 9.97 Å². The number of nitrogens with zero attached hydrogens (tertiary/aromatic N) is 3. The van der Waals surface area contributed by atoms with Gasteiger partial charge in [0.15, 0.2) is 0 Å². The van der Waals surface area contributed by atoms with Gasteiger partial charge in [-0.25, -0.2) is 4.98 Å². The highest BCUT2D eigenvalue weighted by Crippen LogP contribution is 2.27. The van der Waals surface area contributed by atoms with Crippen molar-refractivity contribution in [2.45, 2.75) is 0 Å². The van der Waals surface area contributed by atoms with Gasteiger partial charge in [-0.1, -0.05) is 12.1 Å². The number of para-hydroxylation sites is 1. The van der Waals surface area contributed by atoms with Crippen molar-refractivity contribution < 1.29 is 4.92 Å². The third-order valence-electron chi connectivity index (χ3n) is 2.11. The molecule has 0 bridgehead atoms. The summed E-state index contributed by atoms with van der Waals surface area (Å²) in [6.45, 7) is 0. The molecule has 1 heterocycles. The lowest BCUT2D eigenvalue weighted by atomic mass is 10.3. The second kappa shape index (κ2) is 5.12. The van der Waals surface area contributed by atoms with Gasteiger partial charge in [0.2, 0.25) is 11.8 Å². The van der Waals surface area contributed by atoms with Crippen LogP contribution in [0.15, 0.2) is 30.5 Å². The van der Waals surface area contributed by atoms with Crippen LogP contribution in [0.5, 0.6) is 0 Å². The topological polar surface area (TPSA) is 107 Å². The number of nitrogen functional groups attached to an aromatic ring is 1. The Hall–Kier alpha value is -1.97. The Morgan fingerprint density at radius 1 is 1.39 bits per heavy atom. The van der Waals surface area contributed by atoms with Crippen LogP contribution in [0.4, 0.5) is 23.1 Å². The van der Waals surface area contributed by atoms with Gasteiger partial charge in [0.25, 0.3) is 0 Å². The molecule has 0 saturated heterocycles. The van der Waals surface area contributed by atoms with Gasteiger partial charge in [-0.15, -0.1) is 0 Å². The number of halogens is 1. The highest BCUT2D eigenvalue weighted by atomic mass is 127. The highest BCUT2D eigenvalue weighted by Gasteiger charge is 2.17. The summed E-state index contributed by atoms with van der Waals surface area (Å²) in [6, 6.07) is 7.36. The first-order chi connectivity index (χ1) is 8.58. The fourth-order valence-corrected chi connectivity index (χ4v) is 1.83. The van der Waals surface area contributed by atoms with Crippen LogP contribution in [-0.4, -0.2) is 14.9 Å². The van der Waals surface area contributed by atoms with E-state index in [0.717, 1.165) is 15.5 Å². The van der Waals surface area contributed by atoms with Gasteiger partial charge in [0.1, 0.15) is 6.20 Å². The molecule has 0 radical (unpaired) electrons. The number of nitro groups is 1. The zero-order valence-electron chi connectivity index (χ0n) is 9.00. The molecule has 7 nitrogen and oxygen atoms in total. The van der Waals surface area contributed by atoms with Gasteiger partial charge < -0.3 is 11.1 Å². The molecule has 0 spiro atoms. The van der Waals surface area contributed by atoms with Gasteiger partial charge in [0.05, 0.1) is 10.6 Å². The number of rotatable bonds is 3. The second-order valence-corrected chi connectivity index (χ2v) is 4.49. The van der Waals surface area contributed by atoms with Crippen LogP contribution in [0.25, 0.3) is 0 Å². The number of nitrogens with two attached hydrogens (primary N) is 1. The molecule has 2 rings (SSSR count). The molecule has 2 aromatic rings. The molecule has 0 amide bonds. The summed E-state index contributed by atoms with van der Waals surface area (Å²) in [5.74, 6) is 0.0608. The Labute approximate surface area is 116 Å². The van der Waals surface area contributed by atoms with Crippen LogP contribution < -0.4 is 11.1 Å². The molecule has 0 saturated carbocycles. The van der Waals surface area contributed by atoms with Gasteiger partial charge >= 0.3 is 5.69 Å². The summed E-state index contributed by atoms with van der Waals surface area (Å²) in [7, 11) is 0. The fraction of sp³-hybridized carbons (Fsp3) is 0. The molecular weight excluding hydrogens is 349 g/mol. The Balaban J connectivity index is 2.42. The Morgan fingerprint density at radius 2 is 2.11 bits per heavy atom. The maximum atomic E-state index is 10.9. The third kappa shape index (κ3) is 2.64. The van der Waals surface area contributed by atoms with Crippen LogP contribution in [0, 0.1) is 13.7 Å². The average Bonchev–Trinajstić information content (AvgIpc) is 2.32. The SMILES string of the molecule is Nc1ncc([N+](=O)[O-])c(Nc2ccccc2I)n1. The summed E-state index contributed by atoms with van der Waals surface area (Å²) >= 11 is 2.12. The van der Waals surface area contributed by atoms with Crippen molar-refractivity contribution in [1.29, 1.82) is 0 Å². The van der Waals surface area contributed by atoms with Crippen LogP contribution in [-0.2, 0) is 0 Å². The Bertz CT molecular complexity index is 605. The molecule has 0 fully saturated rings. The van der Waals surface area contributed by atoms with Gasteiger partial charge in [-0.3, -0.25) is 10.1 Å². The number of anilines is 3. The minimum Gasteiger partial charge on any atom is -0.368 e. The molecule has 0 atom stereocenters. The first kappa shape index (κ1) is 12.5. The van der Waals surface area contributed by atoms with Crippen molar-refractivity contribution >= 4 is 45.7 Å². The molecule has 1 aromatic carbocycles. The lowest BCUT2D eigenvalue weighted by Gasteiger charge is -2.07. The predicted octanol–water partition coefficient (Wildman–Crippen LogP) is 2.32. The van der Waals surface area contributed by atoms with Gasteiger partial charge in [-0.05, 0) is 34.7 Å². The smallest absolute Gasteiger partial charge is 0.329 e. The lowest BCUT2D eigenvalue weighted by molar-refractivity contribution is -0.384. The maximum Gasteiger partial charge on any atom is 0.329 e. The quantitative estimate of drug-likeness (QED) is 0.496. The van der Waals surface area contributed by atoms with Crippen molar-refractivity contribution in [2.75, 3.05) is 11.1 Å². The van der Waals surface area contributed by atoms with Crippen molar-refractivity contribution in [3.8, 4) is 0 Å². The van der Waals surface area contributed by atoms with E-state index in [4.69, 9.17) is 5.73 Å².